The number of benzene rings is 3. The summed E-state index contributed by atoms with van der Waals surface area (Å²) in [6, 6.07) is 16.6. The summed E-state index contributed by atoms with van der Waals surface area (Å²) in [6.45, 7) is 0. The molecule has 3 aromatic rings. The fourth-order valence-corrected chi connectivity index (χ4v) is 3.89. The Morgan fingerprint density at radius 1 is 0.629 bits per heavy atom. The first kappa shape index (κ1) is 25.8. The summed E-state index contributed by atoms with van der Waals surface area (Å²) in [5.74, 6) is 0.0156. The van der Waals surface area contributed by atoms with Gasteiger partial charge in [-0.2, -0.15) is 0 Å². The normalized spacial score (nSPS) is 11.0. The maximum Gasteiger partial charge on any atom is 0.341 e. The number of carbonyl (C=O) groups excluding carboxylic acids is 2. The number of methoxy groups -OCH3 is 4. The molecule has 0 spiro atoms. The van der Waals surface area contributed by atoms with E-state index in [-0.39, 0.29) is 0 Å². The van der Waals surface area contributed by atoms with Crippen LogP contribution in [0, 0.1) is 0 Å². The third-order valence-electron chi connectivity index (χ3n) is 5.21. The van der Waals surface area contributed by atoms with Crippen molar-refractivity contribution in [1.82, 2.24) is 0 Å². The van der Waals surface area contributed by atoms with Gasteiger partial charge in [0.15, 0.2) is 0 Å². The summed E-state index contributed by atoms with van der Waals surface area (Å²) in [5, 5.41) is 0. The lowest BCUT2D eigenvalue weighted by atomic mass is 10.1. The Hall–Kier alpha value is -3.84. The lowest BCUT2D eigenvalue weighted by molar-refractivity contribution is 0.0588. The van der Waals surface area contributed by atoms with E-state index in [1.165, 1.54) is 28.4 Å². The van der Waals surface area contributed by atoms with Crippen LogP contribution in [0.25, 0.3) is 24.3 Å². The lowest BCUT2D eigenvalue weighted by Crippen LogP contribution is -2.04. The highest BCUT2D eigenvalue weighted by Gasteiger charge is 2.13. The minimum Gasteiger partial charge on any atom is -0.496 e. The first-order valence-corrected chi connectivity index (χ1v) is 11.4. The molecule has 0 N–H and O–H groups in total. The van der Waals surface area contributed by atoms with Crippen molar-refractivity contribution in [3.63, 3.8) is 0 Å². The van der Waals surface area contributed by atoms with Crippen LogP contribution in [0.5, 0.6) is 11.5 Å². The summed E-state index contributed by atoms with van der Waals surface area (Å²) >= 11 is 3.62. The van der Waals surface area contributed by atoms with E-state index in [1.54, 1.807) is 24.3 Å². The van der Waals surface area contributed by atoms with Gasteiger partial charge >= 0.3 is 11.9 Å². The molecule has 0 aromatic heterocycles. The number of esters is 2. The zero-order chi connectivity index (χ0) is 25.4. The minimum atomic E-state index is -0.454. The van der Waals surface area contributed by atoms with Gasteiger partial charge in [-0.15, -0.1) is 0 Å². The van der Waals surface area contributed by atoms with Gasteiger partial charge in [0.25, 0.3) is 0 Å². The SMILES string of the molecule is COC(=O)c1cc(/C=C\c2ccc(/C=C\c3ccc(OC)c(C(=O)OC)c3)c(Br)c2)ccc1OC. The molecule has 0 saturated carbocycles. The van der Waals surface area contributed by atoms with E-state index in [9.17, 15) is 9.59 Å². The van der Waals surface area contributed by atoms with Crippen LogP contribution in [0.2, 0.25) is 0 Å². The van der Waals surface area contributed by atoms with Crippen molar-refractivity contribution in [2.24, 2.45) is 0 Å². The van der Waals surface area contributed by atoms with Crippen molar-refractivity contribution in [2.75, 3.05) is 28.4 Å². The average Bonchev–Trinajstić information content (AvgIpc) is 2.90. The summed E-state index contributed by atoms with van der Waals surface area (Å²) in [5.41, 5.74) is 4.35. The van der Waals surface area contributed by atoms with Gasteiger partial charge in [-0.3, -0.25) is 0 Å². The first-order chi connectivity index (χ1) is 16.9. The third kappa shape index (κ3) is 6.39. The molecular weight excluding hydrogens is 512 g/mol. The Balaban J connectivity index is 1.80. The smallest absolute Gasteiger partial charge is 0.341 e. The highest BCUT2D eigenvalue weighted by molar-refractivity contribution is 9.10. The van der Waals surface area contributed by atoms with E-state index in [0.717, 1.165) is 26.7 Å². The maximum absolute atomic E-state index is 12.0. The molecule has 0 bridgehead atoms. The molecule has 0 amide bonds. The molecule has 35 heavy (non-hydrogen) atoms. The predicted molar refractivity (Wildman–Crippen MR) is 141 cm³/mol. The van der Waals surface area contributed by atoms with E-state index in [4.69, 9.17) is 18.9 Å². The lowest BCUT2D eigenvalue weighted by Gasteiger charge is -2.08. The summed E-state index contributed by atoms with van der Waals surface area (Å²) < 4.78 is 21.0. The van der Waals surface area contributed by atoms with Gasteiger partial charge in [-0.1, -0.05) is 64.5 Å². The Kier molecular flexibility index (Phi) is 8.86. The molecule has 0 fully saturated rings. The second-order valence-corrected chi connectivity index (χ2v) is 8.20. The van der Waals surface area contributed by atoms with Crippen molar-refractivity contribution in [3.8, 4) is 11.5 Å². The molecule has 3 rings (SSSR count). The Morgan fingerprint density at radius 3 is 1.49 bits per heavy atom. The van der Waals surface area contributed by atoms with E-state index in [2.05, 4.69) is 15.9 Å². The molecule has 6 nitrogen and oxygen atoms in total. The molecule has 0 saturated heterocycles. The van der Waals surface area contributed by atoms with Crippen LogP contribution in [0.1, 0.15) is 43.0 Å². The van der Waals surface area contributed by atoms with Crippen LogP contribution < -0.4 is 9.47 Å². The fraction of sp³-hybridized carbons (Fsp3) is 0.143. The number of hydrogen-bond donors (Lipinski definition) is 0. The van der Waals surface area contributed by atoms with Gasteiger partial charge in [0.05, 0.1) is 28.4 Å². The van der Waals surface area contributed by atoms with Crippen LogP contribution in [0.15, 0.2) is 59.1 Å². The van der Waals surface area contributed by atoms with Crippen LogP contribution >= 0.6 is 15.9 Å². The number of carbonyl (C=O) groups is 2. The van der Waals surface area contributed by atoms with E-state index in [0.29, 0.717) is 22.6 Å². The Labute approximate surface area is 212 Å². The molecule has 0 heterocycles. The molecule has 0 unspecified atom stereocenters. The Bertz CT molecular complexity index is 1290. The van der Waals surface area contributed by atoms with Crippen molar-refractivity contribution in [1.29, 1.82) is 0 Å². The van der Waals surface area contributed by atoms with Crippen molar-refractivity contribution >= 4 is 52.2 Å². The van der Waals surface area contributed by atoms with Crippen LogP contribution in [-0.4, -0.2) is 40.4 Å². The molecule has 3 aromatic carbocycles. The van der Waals surface area contributed by atoms with Crippen molar-refractivity contribution in [3.05, 3.63) is 92.5 Å². The van der Waals surface area contributed by atoms with E-state index >= 15 is 0 Å². The highest BCUT2D eigenvalue weighted by atomic mass is 79.9. The highest BCUT2D eigenvalue weighted by Crippen LogP contribution is 2.26. The summed E-state index contributed by atoms with van der Waals surface area (Å²) in [7, 11) is 5.70. The summed E-state index contributed by atoms with van der Waals surface area (Å²) in [4.78, 5) is 24.0. The number of halogens is 1. The van der Waals surface area contributed by atoms with Crippen LogP contribution in [-0.2, 0) is 9.47 Å². The second kappa shape index (κ2) is 12.0. The zero-order valence-corrected chi connectivity index (χ0v) is 21.4. The largest absolute Gasteiger partial charge is 0.496 e. The van der Waals surface area contributed by atoms with Crippen molar-refractivity contribution < 1.29 is 28.5 Å². The molecule has 0 aliphatic carbocycles. The third-order valence-corrected chi connectivity index (χ3v) is 5.89. The van der Waals surface area contributed by atoms with Gasteiger partial charge in [0.1, 0.15) is 22.6 Å². The van der Waals surface area contributed by atoms with Gasteiger partial charge in [-0.05, 0) is 52.6 Å². The molecule has 0 atom stereocenters. The standard InChI is InChI=1S/C28H25BrO6/c1-32-25-13-9-18(15-22(25)27(30)34-3)5-6-20-8-12-21(24(29)17-20)11-7-19-10-14-26(33-2)23(16-19)28(31)35-4/h5-17H,1-4H3/b6-5-,11-7-. The predicted octanol–water partition coefficient (Wildman–Crippen LogP) is 6.38. The summed E-state index contributed by atoms with van der Waals surface area (Å²) in [6.07, 6.45) is 7.72. The topological polar surface area (TPSA) is 71.1 Å². The molecule has 0 aliphatic rings. The molecular formula is C28H25BrO6. The average molecular weight is 537 g/mol. The van der Waals surface area contributed by atoms with E-state index < -0.39 is 11.9 Å². The quantitative estimate of drug-likeness (QED) is 0.245. The van der Waals surface area contributed by atoms with Crippen LogP contribution in [0.4, 0.5) is 0 Å². The van der Waals surface area contributed by atoms with Crippen molar-refractivity contribution in [2.45, 2.75) is 0 Å². The van der Waals surface area contributed by atoms with Gasteiger partial charge in [0.2, 0.25) is 0 Å². The molecule has 0 radical (unpaired) electrons. The number of ether oxygens (including phenoxy) is 4. The molecule has 0 aliphatic heterocycles. The van der Waals surface area contributed by atoms with Gasteiger partial charge in [0, 0.05) is 4.47 Å². The second-order valence-electron chi connectivity index (χ2n) is 7.35. The van der Waals surface area contributed by atoms with Gasteiger partial charge < -0.3 is 18.9 Å². The number of hydrogen-bond acceptors (Lipinski definition) is 6. The first-order valence-electron chi connectivity index (χ1n) is 10.6. The monoisotopic (exact) mass is 536 g/mol. The molecule has 7 heteroatoms. The minimum absolute atomic E-state index is 0.366. The maximum atomic E-state index is 12.0. The Morgan fingerprint density at radius 2 is 1.06 bits per heavy atom. The fourth-order valence-electron chi connectivity index (χ4n) is 3.36. The van der Waals surface area contributed by atoms with Gasteiger partial charge in [-0.25, -0.2) is 9.59 Å². The van der Waals surface area contributed by atoms with Crippen LogP contribution in [0.3, 0.4) is 0 Å². The zero-order valence-electron chi connectivity index (χ0n) is 19.8. The van der Waals surface area contributed by atoms with E-state index in [1.807, 2.05) is 54.6 Å². The molecule has 180 valence electrons. The number of rotatable bonds is 8.